The first-order chi connectivity index (χ1) is 11.9. The second-order valence-electron chi connectivity index (χ2n) is 6.71. The van der Waals surface area contributed by atoms with E-state index in [4.69, 9.17) is 10.3 Å². The first-order valence-electron chi connectivity index (χ1n) is 8.39. The zero-order chi connectivity index (χ0) is 18.1. The molecule has 2 aromatic heterocycles. The van der Waals surface area contributed by atoms with Crippen LogP contribution in [0, 0.1) is 13.8 Å². The molecule has 0 fully saturated rings. The van der Waals surface area contributed by atoms with Crippen molar-refractivity contribution in [3.63, 3.8) is 0 Å². The molecule has 0 saturated carbocycles. The van der Waals surface area contributed by atoms with Crippen molar-refractivity contribution >= 4 is 5.69 Å². The standard InChI is InChI=1S/C20H23N3O2/c1-12(2)16-7-5-15(6-8-16)10-23-11-17(9-18(21)20(23)24)19-13(3)22-25-14(19)4/h5-9,11-12H,10,21H2,1-4H3. The Hall–Kier alpha value is -2.82. The van der Waals surface area contributed by atoms with E-state index < -0.39 is 0 Å². The molecule has 0 radical (unpaired) electrons. The summed E-state index contributed by atoms with van der Waals surface area (Å²) in [5.74, 6) is 1.19. The fourth-order valence-corrected chi connectivity index (χ4v) is 3.01. The molecule has 2 N–H and O–H groups in total. The van der Waals surface area contributed by atoms with Gasteiger partial charge in [-0.15, -0.1) is 0 Å². The van der Waals surface area contributed by atoms with Gasteiger partial charge >= 0.3 is 0 Å². The minimum absolute atomic E-state index is 0.191. The van der Waals surface area contributed by atoms with Gasteiger partial charge in [-0.2, -0.15) is 0 Å². The summed E-state index contributed by atoms with van der Waals surface area (Å²) >= 11 is 0. The molecule has 0 aliphatic heterocycles. The van der Waals surface area contributed by atoms with E-state index >= 15 is 0 Å². The van der Waals surface area contributed by atoms with Gasteiger partial charge in [-0.05, 0) is 37.0 Å². The van der Waals surface area contributed by atoms with E-state index in [2.05, 4.69) is 43.3 Å². The number of benzene rings is 1. The Balaban J connectivity index is 2.00. The minimum atomic E-state index is -0.191. The summed E-state index contributed by atoms with van der Waals surface area (Å²) in [7, 11) is 0. The zero-order valence-electron chi connectivity index (χ0n) is 15.0. The van der Waals surface area contributed by atoms with Gasteiger partial charge in [0.15, 0.2) is 0 Å². The normalized spacial score (nSPS) is 11.2. The summed E-state index contributed by atoms with van der Waals surface area (Å²) in [4.78, 5) is 12.4. The third kappa shape index (κ3) is 3.36. The number of aryl methyl sites for hydroxylation is 2. The third-order valence-electron chi connectivity index (χ3n) is 4.44. The maximum absolute atomic E-state index is 12.4. The van der Waals surface area contributed by atoms with Gasteiger partial charge < -0.3 is 14.8 Å². The van der Waals surface area contributed by atoms with Gasteiger partial charge in [0.1, 0.15) is 5.76 Å². The van der Waals surface area contributed by atoms with Crippen molar-refractivity contribution in [3.05, 3.63) is 69.5 Å². The highest BCUT2D eigenvalue weighted by atomic mass is 16.5. The molecule has 2 heterocycles. The van der Waals surface area contributed by atoms with Gasteiger partial charge in [-0.25, -0.2) is 0 Å². The lowest BCUT2D eigenvalue weighted by molar-refractivity contribution is 0.393. The van der Waals surface area contributed by atoms with Crippen LogP contribution in [-0.4, -0.2) is 9.72 Å². The van der Waals surface area contributed by atoms with Gasteiger partial charge in [0.2, 0.25) is 0 Å². The number of hydrogen-bond donors (Lipinski definition) is 1. The molecule has 0 spiro atoms. The average molecular weight is 337 g/mol. The molecule has 3 aromatic rings. The minimum Gasteiger partial charge on any atom is -0.394 e. The molecule has 0 atom stereocenters. The van der Waals surface area contributed by atoms with Crippen molar-refractivity contribution in [2.45, 2.75) is 40.2 Å². The molecule has 5 nitrogen and oxygen atoms in total. The van der Waals surface area contributed by atoms with Crippen molar-refractivity contribution in [1.29, 1.82) is 0 Å². The van der Waals surface area contributed by atoms with Crippen LogP contribution in [0.1, 0.15) is 42.3 Å². The average Bonchev–Trinajstić information content (AvgIpc) is 2.91. The van der Waals surface area contributed by atoms with Crippen LogP contribution in [0.15, 0.2) is 45.8 Å². The molecule has 130 valence electrons. The van der Waals surface area contributed by atoms with Crippen molar-refractivity contribution < 1.29 is 4.52 Å². The van der Waals surface area contributed by atoms with Gasteiger partial charge in [-0.3, -0.25) is 4.79 Å². The number of rotatable bonds is 4. The van der Waals surface area contributed by atoms with Crippen LogP contribution in [0.4, 0.5) is 5.69 Å². The molecule has 25 heavy (non-hydrogen) atoms. The second-order valence-corrected chi connectivity index (χ2v) is 6.71. The molecule has 0 bridgehead atoms. The molecule has 3 rings (SSSR count). The van der Waals surface area contributed by atoms with E-state index in [1.165, 1.54) is 5.56 Å². The number of anilines is 1. The van der Waals surface area contributed by atoms with Gasteiger partial charge in [0.05, 0.1) is 17.9 Å². The first-order valence-corrected chi connectivity index (χ1v) is 8.39. The lowest BCUT2D eigenvalue weighted by Gasteiger charge is -2.11. The van der Waals surface area contributed by atoms with Crippen LogP contribution in [0.5, 0.6) is 0 Å². The summed E-state index contributed by atoms with van der Waals surface area (Å²) in [5.41, 5.74) is 10.8. The highest BCUT2D eigenvalue weighted by molar-refractivity contribution is 5.69. The second kappa shape index (κ2) is 6.59. The Labute approximate surface area is 147 Å². The van der Waals surface area contributed by atoms with E-state index in [0.717, 1.165) is 22.4 Å². The molecular formula is C20H23N3O2. The van der Waals surface area contributed by atoms with E-state index in [9.17, 15) is 4.79 Å². The first kappa shape index (κ1) is 17.0. The number of nitrogen functional groups attached to an aromatic ring is 1. The molecule has 5 heteroatoms. The van der Waals surface area contributed by atoms with E-state index in [1.54, 1.807) is 10.6 Å². The van der Waals surface area contributed by atoms with Gasteiger partial charge in [0, 0.05) is 17.3 Å². The Kier molecular flexibility index (Phi) is 4.49. The van der Waals surface area contributed by atoms with Crippen LogP contribution < -0.4 is 11.3 Å². The maximum atomic E-state index is 12.4. The molecule has 0 aliphatic carbocycles. The van der Waals surface area contributed by atoms with Crippen LogP contribution in [0.2, 0.25) is 0 Å². The van der Waals surface area contributed by atoms with Crippen LogP contribution in [0.25, 0.3) is 11.1 Å². The quantitative estimate of drug-likeness (QED) is 0.784. The predicted molar refractivity (Wildman–Crippen MR) is 99.7 cm³/mol. The number of pyridine rings is 1. The third-order valence-corrected chi connectivity index (χ3v) is 4.44. The molecule has 1 aromatic carbocycles. The molecule has 0 saturated heterocycles. The Morgan fingerprint density at radius 3 is 2.44 bits per heavy atom. The molecule has 0 aliphatic rings. The van der Waals surface area contributed by atoms with Crippen molar-refractivity contribution in [2.75, 3.05) is 5.73 Å². The summed E-state index contributed by atoms with van der Waals surface area (Å²) in [5, 5.41) is 3.98. The Bertz CT molecular complexity index is 931. The lowest BCUT2D eigenvalue weighted by atomic mass is 10.0. The van der Waals surface area contributed by atoms with Gasteiger partial charge in [0.25, 0.3) is 5.56 Å². The summed E-state index contributed by atoms with van der Waals surface area (Å²) in [6, 6.07) is 10.0. The fourth-order valence-electron chi connectivity index (χ4n) is 3.01. The number of nitrogens with two attached hydrogens (primary N) is 1. The van der Waals surface area contributed by atoms with Crippen molar-refractivity contribution in [2.24, 2.45) is 0 Å². The summed E-state index contributed by atoms with van der Waals surface area (Å²) in [6.45, 7) is 8.52. The van der Waals surface area contributed by atoms with Crippen molar-refractivity contribution in [1.82, 2.24) is 9.72 Å². The Morgan fingerprint density at radius 1 is 1.20 bits per heavy atom. The topological polar surface area (TPSA) is 74.1 Å². The highest BCUT2D eigenvalue weighted by Crippen LogP contribution is 2.27. The van der Waals surface area contributed by atoms with E-state index in [-0.39, 0.29) is 11.2 Å². The summed E-state index contributed by atoms with van der Waals surface area (Å²) in [6.07, 6.45) is 1.82. The molecular weight excluding hydrogens is 314 g/mol. The summed E-state index contributed by atoms with van der Waals surface area (Å²) < 4.78 is 6.88. The van der Waals surface area contributed by atoms with Crippen LogP contribution >= 0.6 is 0 Å². The van der Waals surface area contributed by atoms with Gasteiger partial charge in [-0.1, -0.05) is 43.3 Å². The van der Waals surface area contributed by atoms with E-state index in [0.29, 0.717) is 18.2 Å². The maximum Gasteiger partial charge on any atom is 0.274 e. The molecule has 0 unspecified atom stereocenters. The SMILES string of the molecule is Cc1noc(C)c1-c1cc(N)c(=O)n(Cc2ccc(C(C)C)cc2)c1. The highest BCUT2D eigenvalue weighted by Gasteiger charge is 2.14. The fraction of sp³-hybridized carbons (Fsp3) is 0.300. The number of nitrogens with zero attached hydrogens (tertiary/aromatic N) is 2. The lowest BCUT2D eigenvalue weighted by Crippen LogP contribution is -2.23. The number of aromatic nitrogens is 2. The monoisotopic (exact) mass is 337 g/mol. The smallest absolute Gasteiger partial charge is 0.274 e. The Morgan fingerprint density at radius 2 is 1.88 bits per heavy atom. The van der Waals surface area contributed by atoms with Crippen molar-refractivity contribution in [3.8, 4) is 11.1 Å². The number of hydrogen-bond acceptors (Lipinski definition) is 4. The predicted octanol–water partition coefficient (Wildman–Crippen LogP) is 3.87. The zero-order valence-corrected chi connectivity index (χ0v) is 15.0. The van der Waals surface area contributed by atoms with Crippen LogP contribution in [-0.2, 0) is 6.54 Å². The van der Waals surface area contributed by atoms with E-state index in [1.807, 2.05) is 20.0 Å². The largest absolute Gasteiger partial charge is 0.394 e. The molecule has 0 amide bonds. The van der Waals surface area contributed by atoms with Crippen LogP contribution in [0.3, 0.4) is 0 Å².